The van der Waals surface area contributed by atoms with E-state index in [1.807, 2.05) is 30.3 Å². The summed E-state index contributed by atoms with van der Waals surface area (Å²) in [5.41, 5.74) is 1.48. The zero-order valence-corrected chi connectivity index (χ0v) is 13.7. The molecular formula is C19H23N3O2. The standard InChI is InChI=1S/C19H23N3O2/c23-17-7-3-4-12(17)11-20-18-10-15(19(24)21-13-8-9-13)14-5-1-2-6-16(14)22-18/h1-2,5-6,10,12-13,17,23H,3-4,7-9,11H2,(H,20,22)(H,21,24). The van der Waals surface area contributed by atoms with Crippen molar-refractivity contribution in [2.24, 2.45) is 5.92 Å². The minimum atomic E-state index is -0.226. The average molecular weight is 325 g/mol. The third kappa shape index (κ3) is 3.22. The van der Waals surface area contributed by atoms with Crippen LogP contribution in [0.5, 0.6) is 0 Å². The number of hydrogen-bond acceptors (Lipinski definition) is 4. The summed E-state index contributed by atoms with van der Waals surface area (Å²) >= 11 is 0. The van der Waals surface area contributed by atoms with Gasteiger partial charge in [0.1, 0.15) is 5.82 Å². The van der Waals surface area contributed by atoms with Crippen LogP contribution < -0.4 is 10.6 Å². The van der Waals surface area contributed by atoms with Gasteiger partial charge in [0.25, 0.3) is 5.91 Å². The van der Waals surface area contributed by atoms with Crippen molar-refractivity contribution in [2.75, 3.05) is 11.9 Å². The van der Waals surface area contributed by atoms with Crippen LogP contribution in [0.2, 0.25) is 0 Å². The highest BCUT2D eigenvalue weighted by Gasteiger charge is 2.26. The Bertz CT molecular complexity index is 757. The van der Waals surface area contributed by atoms with Crippen LogP contribution in [-0.2, 0) is 0 Å². The van der Waals surface area contributed by atoms with E-state index in [0.29, 0.717) is 24.0 Å². The number of hydrogen-bond donors (Lipinski definition) is 3. The molecule has 2 atom stereocenters. The summed E-state index contributed by atoms with van der Waals surface area (Å²) in [4.78, 5) is 17.2. The van der Waals surface area contributed by atoms with Gasteiger partial charge in [-0.15, -0.1) is 0 Å². The second-order valence-corrected chi connectivity index (χ2v) is 6.96. The number of carbonyl (C=O) groups is 1. The smallest absolute Gasteiger partial charge is 0.252 e. The number of aromatic nitrogens is 1. The molecule has 0 aliphatic heterocycles. The van der Waals surface area contributed by atoms with E-state index in [1.54, 1.807) is 0 Å². The van der Waals surface area contributed by atoms with Crippen LogP contribution in [0.1, 0.15) is 42.5 Å². The van der Waals surface area contributed by atoms with Crippen molar-refractivity contribution in [3.05, 3.63) is 35.9 Å². The van der Waals surface area contributed by atoms with Crippen LogP contribution >= 0.6 is 0 Å². The summed E-state index contributed by atoms with van der Waals surface area (Å²) in [7, 11) is 0. The first-order chi connectivity index (χ1) is 11.7. The first kappa shape index (κ1) is 15.4. The van der Waals surface area contributed by atoms with Gasteiger partial charge in [0, 0.05) is 23.9 Å². The van der Waals surface area contributed by atoms with Gasteiger partial charge in [-0.05, 0) is 37.8 Å². The topological polar surface area (TPSA) is 74.2 Å². The number of carbonyl (C=O) groups excluding carboxylic acids is 1. The lowest BCUT2D eigenvalue weighted by atomic mass is 10.1. The summed E-state index contributed by atoms with van der Waals surface area (Å²) in [5.74, 6) is 0.941. The normalized spacial score (nSPS) is 23.4. The summed E-state index contributed by atoms with van der Waals surface area (Å²) in [6, 6.07) is 9.89. The lowest BCUT2D eigenvalue weighted by Crippen LogP contribution is -2.26. The molecular weight excluding hydrogens is 302 g/mol. The van der Waals surface area contributed by atoms with Crippen LogP contribution in [0.3, 0.4) is 0 Å². The zero-order chi connectivity index (χ0) is 16.5. The van der Waals surface area contributed by atoms with Crippen molar-refractivity contribution < 1.29 is 9.90 Å². The van der Waals surface area contributed by atoms with Crippen LogP contribution in [0.4, 0.5) is 5.82 Å². The number of anilines is 1. The summed E-state index contributed by atoms with van der Waals surface area (Å²) in [6.45, 7) is 0.691. The Kier molecular flexibility index (Phi) is 4.10. The molecule has 0 bridgehead atoms. The highest BCUT2D eigenvalue weighted by atomic mass is 16.3. The highest BCUT2D eigenvalue weighted by Crippen LogP contribution is 2.27. The van der Waals surface area contributed by atoms with Crippen LogP contribution in [0.15, 0.2) is 30.3 Å². The van der Waals surface area contributed by atoms with Gasteiger partial charge in [-0.3, -0.25) is 4.79 Å². The van der Waals surface area contributed by atoms with E-state index in [-0.39, 0.29) is 17.9 Å². The lowest BCUT2D eigenvalue weighted by Gasteiger charge is -2.16. The van der Waals surface area contributed by atoms with E-state index in [9.17, 15) is 9.90 Å². The van der Waals surface area contributed by atoms with Gasteiger partial charge in [-0.25, -0.2) is 4.98 Å². The molecule has 1 amide bonds. The highest BCUT2D eigenvalue weighted by molar-refractivity contribution is 6.07. The van der Waals surface area contributed by atoms with E-state index in [1.165, 1.54) is 0 Å². The Morgan fingerprint density at radius 1 is 1.21 bits per heavy atom. The zero-order valence-electron chi connectivity index (χ0n) is 13.7. The first-order valence-electron chi connectivity index (χ1n) is 8.83. The Morgan fingerprint density at radius 3 is 2.79 bits per heavy atom. The maximum Gasteiger partial charge on any atom is 0.252 e. The van der Waals surface area contributed by atoms with Crippen LogP contribution in [0.25, 0.3) is 10.9 Å². The van der Waals surface area contributed by atoms with Crippen molar-refractivity contribution in [1.82, 2.24) is 10.3 Å². The van der Waals surface area contributed by atoms with Crippen molar-refractivity contribution in [2.45, 2.75) is 44.2 Å². The number of amides is 1. The Hall–Kier alpha value is -2.14. The molecule has 2 saturated carbocycles. The molecule has 2 aliphatic rings. The second-order valence-electron chi connectivity index (χ2n) is 6.96. The van der Waals surface area contributed by atoms with Crippen molar-refractivity contribution in [3.63, 3.8) is 0 Å². The van der Waals surface area contributed by atoms with E-state index in [2.05, 4.69) is 15.6 Å². The molecule has 3 N–H and O–H groups in total. The molecule has 24 heavy (non-hydrogen) atoms. The fourth-order valence-electron chi connectivity index (χ4n) is 3.44. The van der Waals surface area contributed by atoms with Gasteiger partial charge >= 0.3 is 0 Å². The number of aliphatic hydroxyl groups excluding tert-OH is 1. The molecule has 2 fully saturated rings. The van der Waals surface area contributed by atoms with Crippen LogP contribution in [-0.4, -0.2) is 34.7 Å². The van der Waals surface area contributed by atoms with E-state index < -0.39 is 0 Å². The molecule has 0 radical (unpaired) electrons. The van der Waals surface area contributed by atoms with Crippen molar-refractivity contribution in [3.8, 4) is 0 Å². The number of benzene rings is 1. The number of rotatable bonds is 5. The van der Waals surface area contributed by atoms with Gasteiger partial charge < -0.3 is 15.7 Å². The number of nitrogens with one attached hydrogen (secondary N) is 2. The van der Waals surface area contributed by atoms with E-state index in [4.69, 9.17) is 0 Å². The van der Waals surface area contributed by atoms with Gasteiger partial charge in [-0.2, -0.15) is 0 Å². The van der Waals surface area contributed by atoms with E-state index >= 15 is 0 Å². The quantitative estimate of drug-likeness (QED) is 0.790. The lowest BCUT2D eigenvalue weighted by molar-refractivity contribution is 0.0952. The molecule has 5 nitrogen and oxygen atoms in total. The fourth-order valence-corrected chi connectivity index (χ4v) is 3.44. The van der Waals surface area contributed by atoms with Crippen molar-refractivity contribution in [1.29, 1.82) is 0 Å². The monoisotopic (exact) mass is 325 g/mol. The Balaban J connectivity index is 1.59. The SMILES string of the molecule is O=C(NC1CC1)c1cc(NCC2CCCC2O)nc2ccccc12. The molecule has 2 unspecified atom stereocenters. The van der Waals surface area contributed by atoms with Gasteiger partial charge in [0.15, 0.2) is 0 Å². The minimum absolute atomic E-state index is 0.0277. The molecule has 1 aromatic carbocycles. The molecule has 126 valence electrons. The number of aliphatic hydroxyl groups is 1. The Morgan fingerprint density at radius 2 is 2.04 bits per heavy atom. The summed E-state index contributed by atoms with van der Waals surface area (Å²) in [5, 5.41) is 17.2. The van der Waals surface area contributed by atoms with Gasteiger partial charge in [0.05, 0.1) is 17.2 Å². The molecule has 1 aromatic heterocycles. The number of fused-ring (bicyclic) bond motifs is 1. The minimum Gasteiger partial charge on any atom is -0.393 e. The third-order valence-corrected chi connectivity index (χ3v) is 5.04. The van der Waals surface area contributed by atoms with Crippen LogP contribution in [0, 0.1) is 5.92 Å². The van der Waals surface area contributed by atoms with Crippen molar-refractivity contribution >= 4 is 22.6 Å². The second kappa shape index (κ2) is 6.40. The molecule has 5 heteroatoms. The molecule has 0 spiro atoms. The maximum atomic E-state index is 12.6. The summed E-state index contributed by atoms with van der Waals surface area (Å²) < 4.78 is 0. The van der Waals surface area contributed by atoms with E-state index in [0.717, 1.165) is 43.0 Å². The molecule has 1 heterocycles. The fraction of sp³-hybridized carbons (Fsp3) is 0.474. The maximum absolute atomic E-state index is 12.6. The first-order valence-corrected chi connectivity index (χ1v) is 8.83. The molecule has 2 aliphatic carbocycles. The molecule has 4 rings (SSSR count). The summed E-state index contributed by atoms with van der Waals surface area (Å²) in [6.07, 6.45) is 4.91. The molecule has 0 saturated heterocycles. The average Bonchev–Trinajstić information content (AvgIpc) is 3.31. The number of nitrogens with zero attached hydrogens (tertiary/aromatic N) is 1. The number of pyridine rings is 1. The van der Waals surface area contributed by atoms with Gasteiger partial charge in [0.2, 0.25) is 0 Å². The van der Waals surface area contributed by atoms with Gasteiger partial charge in [-0.1, -0.05) is 24.6 Å². The third-order valence-electron chi connectivity index (χ3n) is 5.04. The molecule has 2 aromatic rings. The predicted octanol–water partition coefficient (Wildman–Crippen LogP) is 2.70. The largest absolute Gasteiger partial charge is 0.393 e. The number of para-hydroxylation sites is 1. The predicted molar refractivity (Wildman–Crippen MR) is 94.1 cm³/mol. The Labute approximate surface area is 141 Å².